The Labute approximate surface area is 287 Å². The maximum atomic E-state index is 9.77. The van der Waals surface area contributed by atoms with Crippen LogP contribution in [-0.4, -0.2) is 6.04 Å². The van der Waals surface area contributed by atoms with Gasteiger partial charge in [0.2, 0.25) is 0 Å². The monoisotopic (exact) mass is 630 g/mol. The highest BCUT2D eigenvalue weighted by atomic mass is 15.2. The number of nitrogens with zero attached hydrogens (tertiary/aromatic N) is 4. The molecule has 49 heavy (non-hydrogen) atoms. The van der Waals surface area contributed by atoms with Gasteiger partial charge in [-0.15, -0.1) is 0 Å². The van der Waals surface area contributed by atoms with Gasteiger partial charge in [-0.05, 0) is 95.1 Å². The van der Waals surface area contributed by atoms with Crippen molar-refractivity contribution < 1.29 is 0 Å². The molecular formula is C45H34N4. The lowest BCUT2D eigenvalue weighted by atomic mass is 9.85. The number of fused-ring (bicyclic) bond motifs is 6. The third-order valence-corrected chi connectivity index (χ3v) is 10.6. The van der Waals surface area contributed by atoms with Crippen molar-refractivity contribution in [1.29, 1.82) is 10.5 Å². The first-order valence-corrected chi connectivity index (χ1v) is 17.2. The number of benzene rings is 4. The molecule has 0 aromatic heterocycles. The normalized spacial score (nSPS) is 21.8. The fraction of sp³-hybridized carbons (Fsp3) is 0.156. The maximum Gasteiger partial charge on any atom is 0.0991 e. The lowest BCUT2D eigenvalue weighted by molar-refractivity contribution is 0.681. The topological polar surface area (TPSA) is 54.1 Å². The smallest absolute Gasteiger partial charge is 0.0991 e. The van der Waals surface area contributed by atoms with Crippen LogP contribution in [0.3, 0.4) is 0 Å². The quantitative estimate of drug-likeness (QED) is 0.225. The van der Waals surface area contributed by atoms with E-state index in [9.17, 15) is 10.5 Å². The molecule has 0 radical (unpaired) electrons. The number of hydrogen-bond donors (Lipinski definition) is 0. The Hall–Kier alpha value is -6.10. The Morgan fingerprint density at radius 2 is 1.51 bits per heavy atom. The lowest BCUT2D eigenvalue weighted by Gasteiger charge is -2.35. The molecule has 2 aliphatic heterocycles. The first-order valence-electron chi connectivity index (χ1n) is 17.2. The average Bonchev–Trinajstić information content (AvgIpc) is 3.38. The van der Waals surface area contributed by atoms with E-state index in [4.69, 9.17) is 0 Å². The highest BCUT2D eigenvalue weighted by Gasteiger charge is 2.40. The molecule has 4 aromatic carbocycles. The van der Waals surface area contributed by atoms with Crippen LogP contribution in [0.2, 0.25) is 0 Å². The summed E-state index contributed by atoms with van der Waals surface area (Å²) in [4.78, 5) is 4.96. The summed E-state index contributed by atoms with van der Waals surface area (Å²) in [6, 6.07) is 39.3. The molecule has 0 spiro atoms. The highest BCUT2D eigenvalue weighted by Crippen LogP contribution is 2.49. The van der Waals surface area contributed by atoms with Gasteiger partial charge in [0.1, 0.15) is 0 Å². The molecule has 0 N–H and O–H groups in total. The fourth-order valence-electron chi connectivity index (χ4n) is 8.32. The van der Waals surface area contributed by atoms with Gasteiger partial charge in [-0.25, -0.2) is 0 Å². The van der Waals surface area contributed by atoms with Gasteiger partial charge in [-0.3, -0.25) is 0 Å². The fourth-order valence-corrected chi connectivity index (χ4v) is 8.32. The van der Waals surface area contributed by atoms with Crippen LogP contribution in [0.15, 0.2) is 157 Å². The van der Waals surface area contributed by atoms with Gasteiger partial charge in [-0.2, -0.15) is 10.5 Å². The number of hydrogen-bond acceptors (Lipinski definition) is 4. The van der Waals surface area contributed by atoms with Crippen LogP contribution in [0, 0.1) is 34.5 Å². The van der Waals surface area contributed by atoms with Gasteiger partial charge in [0.15, 0.2) is 0 Å². The minimum absolute atomic E-state index is 0.0985. The van der Waals surface area contributed by atoms with Crippen molar-refractivity contribution in [1.82, 2.24) is 0 Å². The molecule has 2 bridgehead atoms. The summed E-state index contributed by atoms with van der Waals surface area (Å²) in [5.74, 6) is 0.194. The van der Waals surface area contributed by atoms with Crippen LogP contribution in [0.25, 0.3) is 22.3 Å². The number of rotatable bonds is 4. The Morgan fingerprint density at radius 3 is 2.37 bits per heavy atom. The molecular weight excluding hydrogens is 597 g/mol. The second-order valence-corrected chi connectivity index (χ2v) is 13.4. The van der Waals surface area contributed by atoms with Crippen molar-refractivity contribution in [2.45, 2.75) is 31.7 Å². The lowest BCUT2D eigenvalue weighted by Crippen LogP contribution is -2.32. The van der Waals surface area contributed by atoms with Crippen molar-refractivity contribution in [3.05, 3.63) is 173 Å². The van der Waals surface area contributed by atoms with E-state index in [0.717, 1.165) is 42.5 Å². The zero-order chi connectivity index (χ0) is 32.9. The molecule has 4 heteroatoms. The van der Waals surface area contributed by atoms with Crippen LogP contribution in [0.5, 0.6) is 0 Å². The molecule has 3 atom stereocenters. The first-order chi connectivity index (χ1) is 24.2. The van der Waals surface area contributed by atoms with Crippen LogP contribution in [-0.2, 0) is 0 Å². The minimum atomic E-state index is -0.0985. The summed E-state index contributed by atoms with van der Waals surface area (Å²) in [6.07, 6.45) is 19.5. The second kappa shape index (κ2) is 11.9. The summed E-state index contributed by atoms with van der Waals surface area (Å²) < 4.78 is 0. The summed E-state index contributed by atoms with van der Waals surface area (Å²) in [7, 11) is 0. The largest absolute Gasteiger partial charge is 0.337 e. The number of anilines is 3. The van der Waals surface area contributed by atoms with Gasteiger partial charge in [0.05, 0.1) is 35.3 Å². The van der Waals surface area contributed by atoms with Gasteiger partial charge in [0.25, 0.3) is 0 Å². The minimum Gasteiger partial charge on any atom is -0.337 e. The van der Waals surface area contributed by atoms with Gasteiger partial charge in [-0.1, -0.05) is 97.1 Å². The van der Waals surface area contributed by atoms with E-state index in [2.05, 4.69) is 137 Å². The highest BCUT2D eigenvalue weighted by molar-refractivity contribution is 5.89. The molecule has 3 aliphatic carbocycles. The Morgan fingerprint density at radius 1 is 0.714 bits per heavy atom. The number of allylic oxidation sites excluding steroid dienone is 8. The standard InChI is InChI=1S/C45H34N4/c46-28-30-15-18-32(19-16-30)33-7-5-10-38(24-33)49-44-14-4-2-12-41(44)42-27-35(20-22-45(42)49)34-8-6-9-37(25-34)48-39-21-17-31(29-47)23-36(26-39)40-11-1-3-13-43(40)48/h1-16,18-19,21,23-25,27,31,41,44H,17,20,22,26H2. The molecule has 234 valence electrons. The maximum absolute atomic E-state index is 9.77. The van der Waals surface area contributed by atoms with Gasteiger partial charge >= 0.3 is 0 Å². The van der Waals surface area contributed by atoms with Crippen molar-refractivity contribution in [2.75, 3.05) is 9.80 Å². The van der Waals surface area contributed by atoms with E-state index in [-0.39, 0.29) is 12.0 Å². The van der Waals surface area contributed by atoms with Gasteiger partial charge in [0, 0.05) is 40.7 Å². The molecule has 4 nitrogen and oxygen atoms in total. The molecule has 2 heterocycles. The van der Waals surface area contributed by atoms with Crippen molar-refractivity contribution in [3.8, 4) is 23.3 Å². The van der Waals surface area contributed by atoms with Gasteiger partial charge < -0.3 is 9.80 Å². The molecule has 4 aromatic rings. The van der Waals surface area contributed by atoms with Crippen molar-refractivity contribution >= 4 is 28.2 Å². The SMILES string of the molecule is N#Cc1ccc(-c2cccc(N3C4=C(C=C(c5cccc(N6C7=CCC(C#N)C=C(C7)c7ccccc76)c5)CC4)C4C=CC=CC43)c2)cc1. The Kier molecular flexibility index (Phi) is 7.03. The average molecular weight is 631 g/mol. The predicted molar refractivity (Wildman–Crippen MR) is 198 cm³/mol. The predicted octanol–water partition coefficient (Wildman–Crippen LogP) is 10.6. The van der Waals surface area contributed by atoms with E-state index < -0.39 is 0 Å². The second-order valence-electron chi connectivity index (χ2n) is 13.4. The zero-order valence-corrected chi connectivity index (χ0v) is 27.1. The van der Waals surface area contributed by atoms with Crippen LogP contribution >= 0.6 is 0 Å². The van der Waals surface area contributed by atoms with E-state index >= 15 is 0 Å². The zero-order valence-electron chi connectivity index (χ0n) is 27.1. The molecule has 5 aliphatic rings. The van der Waals surface area contributed by atoms with E-state index in [1.807, 2.05) is 24.3 Å². The first kappa shape index (κ1) is 29.1. The molecule has 0 saturated carbocycles. The van der Waals surface area contributed by atoms with E-state index in [0.29, 0.717) is 11.5 Å². The Bertz CT molecular complexity index is 2280. The molecule has 0 fully saturated rings. The molecule has 0 saturated heterocycles. The number of nitriles is 2. The summed E-state index contributed by atoms with van der Waals surface area (Å²) in [5, 5.41) is 19.0. The summed E-state index contributed by atoms with van der Waals surface area (Å²) in [5.41, 5.74) is 15.7. The molecule has 9 rings (SSSR count). The third kappa shape index (κ3) is 4.97. The third-order valence-electron chi connectivity index (χ3n) is 10.6. The number of para-hydroxylation sites is 1. The van der Waals surface area contributed by atoms with Crippen LogP contribution in [0.1, 0.15) is 42.4 Å². The van der Waals surface area contributed by atoms with Crippen molar-refractivity contribution in [3.63, 3.8) is 0 Å². The van der Waals surface area contributed by atoms with Crippen LogP contribution in [0.4, 0.5) is 17.1 Å². The Balaban J connectivity index is 1.08. The van der Waals surface area contributed by atoms with Crippen LogP contribution < -0.4 is 9.80 Å². The van der Waals surface area contributed by atoms with E-state index in [1.54, 1.807) is 0 Å². The molecule has 0 amide bonds. The van der Waals surface area contributed by atoms with Crippen molar-refractivity contribution in [2.24, 2.45) is 11.8 Å². The summed E-state index contributed by atoms with van der Waals surface area (Å²) >= 11 is 0. The summed E-state index contributed by atoms with van der Waals surface area (Å²) in [6.45, 7) is 0. The van der Waals surface area contributed by atoms with E-state index in [1.165, 1.54) is 50.6 Å². The molecule has 3 unspecified atom stereocenters.